The van der Waals surface area contributed by atoms with Crippen molar-refractivity contribution in [3.8, 4) is 0 Å². The van der Waals surface area contributed by atoms with E-state index in [2.05, 4.69) is 25.3 Å². The third-order valence-corrected chi connectivity index (χ3v) is 4.67. The van der Waals surface area contributed by atoms with Gasteiger partial charge < -0.3 is 10.6 Å². The Morgan fingerprint density at radius 3 is 2.94 bits per heavy atom. The Kier molecular flexibility index (Phi) is 3.54. The van der Waals surface area contributed by atoms with E-state index in [-0.39, 0.29) is 17.5 Å². The molecule has 0 radical (unpaired) electrons. The van der Waals surface area contributed by atoms with E-state index in [1.54, 1.807) is 11.3 Å². The van der Waals surface area contributed by atoms with E-state index in [1.165, 1.54) is 4.88 Å². The number of carbonyl (C=O) groups is 1. The van der Waals surface area contributed by atoms with Crippen LogP contribution in [0.2, 0.25) is 0 Å². The number of likely N-dealkylation sites (tertiary alicyclic amines) is 1. The maximum Gasteiger partial charge on any atom is 0.223 e. The molecule has 1 amide bonds. The summed E-state index contributed by atoms with van der Waals surface area (Å²) in [6.45, 7) is 4.93. The molecule has 1 aliphatic rings. The first kappa shape index (κ1) is 12.6. The number of carbonyl (C=O) groups excluding carboxylic acids is 1. The van der Waals surface area contributed by atoms with Gasteiger partial charge in [0.25, 0.3) is 0 Å². The van der Waals surface area contributed by atoms with Crippen LogP contribution in [0, 0.1) is 0 Å². The number of thiophene rings is 1. The smallest absolute Gasteiger partial charge is 0.223 e. The standard InChI is InChI=1S/C13H20N2OS/c1-13(2)11(14)7-8-15(13)12(16)6-5-10-4-3-9-17-10/h3-4,9,11H,5-8,14H2,1-2H3. The Hall–Kier alpha value is -0.870. The van der Waals surface area contributed by atoms with Gasteiger partial charge in [0.2, 0.25) is 5.91 Å². The maximum absolute atomic E-state index is 12.2. The van der Waals surface area contributed by atoms with Crippen LogP contribution < -0.4 is 5.73 Å². The van der Waals surface area contributed by atoms with Crippen molar-refractivity contribution in [3.63, 3.8) is 0 Å². The Morgan fingerprint density at radius 2 is 2.41 bits per heavy atom. The molecule has 0 spiro atoms. The highest BCUT2D eigenvalue weighted by Gasteiger charge is 2.41. The van der Waals surface area contributed by atoms with Crippen molar-refractivity contribution in [2.75, 3.05) is 6.54 Å². The lowest BCUT2D eigenvalue weighted by Gasteiger charge is -2.34. The van der Waals surface area contributed by atoms with Crippen LogP contribution in [0.3, 0.4) is 0 Å². The van der Waals surface area contributed by atoms with Gasteiger partial charge in [-0.25, -0.2) is 0 Å². The summed E-state index contributed by atoms with van der Waals surface area (Å²) in [5, 5.41) is 2.05. The number of nitrogens with zero attached hydrogens (tertiary/aromatic N) is 1. The molecule has 0 bridgehead atoms. The van der Waals surface area contributed by atoms with Gasteiger partial charge >= 0.3 is 0 Å². The van der Waals surface area contributed by atoms with Gasteiger partial charge in [-0.1, -0.05) is 6.07 Å². The molecule has 0 aromatic carbocycles. The van der Waals surface area contributed by atoms with Crippen LogP contribution in [0.4, 0.5) is 0 Å². The second-order valence-electron chi connectivity index (χ2n) is 5.17. The fraction of sp³-hybridized carbons (Fsp3) is 0.615. The number of nitrogens with two attached hydrogens (primary N) is 1. The summed E-state index contributed by atoms with van der Waals surface area (Å²) in [6, 6.07) is 4.21. The minimum atomic E-state index is -0.188. The molecule has 1 aliphatic heterocycles. The maximum atomic E-state index is 12.2. The molecule has 2 heterocycles. The quantitative estimate of drug-likeness (QED) is 0.894. The van der Waals surface area contributed by atoms with E-state index in [4.69, 9.17) is 5.73 Å². The van der Waals surface area contributed by atoms with Crippen LogP contribution in [0.1, 0.15) is 31.6 Å². The van der Waals surface area contributed by atoms with Crippen molar-refractivity contribution in [1.82, 2.24) is 4.90 Å². The van der Waals surface area contributed by atoms with Gasteiger partial charge in [-0.05, 0) is 38.1 Å². The zero-order valence-corrected chi connectivity index (χ0v) is 11.3. The minimum absolute atomic E-state index is 0.105. The van der Waals surface area contributed by atoms with Crippen LogP contribution in [-0.2, 0) is 11.2 Å². The van der Waals surface area contributed by atoms with E-state index >= 15 is 0 Å². The number of aryl methyl sites for hydroxylation is 1. The average Bonchev–Trinajstić information content (AvgIpc) is 2.86. The molecule has 0 saturated carbocycles. The molecule has 17 heavy (non-hydrogen) atoms. The molecule has 1 unspecified atom stereocenters. The first-order valence-electron chi connectivity index (χ1n) is 6.10. The Morgan fingerprint density at radius 1 is 1.65 bits per heavy atom. The van der Waals surface area contributed by atoms with Crippen molar-refractivity contribution in [1.29, 1.82) is 0 Å². The number of hydrogen-bond acceptors (Lipinski definition) is 3. The summed E-state index contributed by atoms with van der Waals surface area (Å²) in [5.41, 5.74) is 5.85. The van der Waals surface area contributed by atoms with E-state index in [9.17, 15) is 4.79 Å². The largest absolute Gasteiger partial charge is 0.336 e. The number of amides is 1. The van der Waals surface area contributed by atoms with Gasteiger partial charge in [-0.3, -0.25) is 4.79 Å². The summed E-state index contributed by atoms with van der Waals surface area (Å²) < 4.78 is 0. The van der Waals surface area contributed by atoms with Crippen molar-refractivity contribution in [2.24, 2.45) is 5.73 Å². The summed E-state index contributed by atoms with van der Waals surface area (Å²) >= 11 is 1.71. The second kappa shape index (κ2) is 4.78. The predicted octanol–water partition coefficient (Wildman–Crippen LogP) is 2.02. The van der Waals surface area contributed by atoms with E-state index in [0.717, 1.165) is 19.4 Å². The summed E-state index contributed by atoms with van der Waals surface area (Å²) in [7, 11) is 0. The molecule has 1 saturated heterocycles. The molecular weight excluding hydrogens is 232 g/mol. The van der Waals surface area contributed by atoms with Gasteiger partial charge in [0.05, 0.1) is 5.54 Å². The zero-order valence-electron chi connectivity index (χ0n) is 10.5. The predicted molar refractivity (Wildman–Crippen MR) is 71.0 cm³/mol. The number of hydrogen-bond donors (Lipinski definition) is 1. The van der Waals surface area contributed by atoms with E-state index in [1.807, 2.05) is 11.0 Å². The molecule has 4 heteroatoms. The molecule has 1 aromatic rings. The van der Waals surface area contributed by atoms with Crippen molar-refractivity contribution >= 4 is 17.2 Å². The van der Waals surface area contributed by atoms with Crippen molar-refractivity contribution < 1.29 is 4.79 Å². The van der Waals surface area contributed by atoms with Crippen molar-refractivity contribution in [3.05, 3.63) is 22.4 Å². The Bertz CT molecular complexity index is 386. The lowest BCUT2D eigenvalue weighted by Crippen LogP contribution is -2.51. The Labute approximate surface area is 107 Å². The molecule has 1 fully saturated rings. The van der Waals surface area contributed by atoms with Crippen LogP contribution in [0.5, 0.6) is 0 Å². The topological polar surface area (TPSA) is 46.3 Å². The average molecular weight is 252 g/mol. The van der Waals surface area contributed by atoms with Gasteiger partial charge in [0.1, 0.15) is 0 Å². The normalized spacial score (nSPS) is 23.0. The van der Waals surface area contributed by atoms with E-state index < -0.39 is 0 Å². The molecule has 1 atom stereocenters. The van der Waals surface area contributed by atoms with Crippen molar-refractivity contribution in [2.45, 2.75) is 44.7 Å². The highest BCUT2D eigenvalue weighted by atomic mass is 32.1. The highest BCUT2D eigenvalue weighted by molar-refractivity contribution is 7.09. The van der Waals surface area contributed by atoms with Gasteiger partial charge in [-0.2, -0.15) is 0 Å². The fourth-order valence-electron chi connectivity index (χ4n) is 2.38. The highest BCUT2D eigenvalue weighted by Crippen LogP contribution is 2.28. The Balaban J connectivity index is 1.92. The summed E-state index contributed by atoms with van der Waals surface area (Å²) in [6.07, 6.45) is 2.35. The summed E-state index contributed by atoms with van der Waals surface area (Å²) in [5.74, 6) is 0.233. The third kappa shape index (κ3) is 2.53. The molecular formula is C13H20N2OS. The summed E-state index contributed by atoms with van der Waals surface area (Å²) in [4.78, 5) is 15.4. The van der Waals surface area contributed by atoms with E-state index in [0.29, 0.717) is 6.42 Å². The SMILES string of the molecule is CC1(C)C(N)CCN1C(=O)CCc1cccs1. The molecule has 3 nitrogen and oxygen atoms in total. The van der Waals surface area contributed by atoms with Gasteiger partial charge in [0, 0.05) is 23.9 Å². The number of rotatable bonds is 3. The first-order chi connectivity index (χ1) is 8.01. The van der Waals surface area contributed by atoms with Crippen LogP contribution in [0.15, 0.2) is 17.5 Å². The van der Waals surface area contributed by atoms with Crippen LogP contribution >= 0.6 is 11.3 Å². The lowest BCUT2D eigenvalue weighted by molar-refractivity contribution is -0.134. The monoisotopic (exact) mass is 252 g/mol. The third-order valence-electron chi connectivity index (χ3n) is 3.73. The second-order valence-corrected chi connectivity index (χ2v) is 6.21. The minimum Gasteiger partial charge on any atom is -0.336 e. The zero-order chi connectivity index (χ0) is 12.5. The van der Waals surface area contributed by atoms with Gasteiger partial charge in [-0.15, -0.1) is 11.3 Å². The van der Waals surface area contributed by atoms with Gasteiger partial charge in [0.15, 0.2) is 0 Å². The lowest BCUT2D eigenvalue weighted by atomic mass is 9.96. The molecule has 1 aromatic heterocycles. The van der Waals surface area contributed by atoms with Crippen LogP contribution in [0.25, 0.3) is 0 Å². The fourth-order valence-corrected chi connectivity index (χ4v) is 3.08. The molecule has 0 aliphatic carbocycles. The molecule has 2 N–H and O–H groups in total. The molecule has 2 rings (SSSR count). The van der Waals surface area contributed by atoms with Crippen LogP contribution in [-0.4, -0.2) is 28.9 Å². The first-order valence-corrected chi connectivity index (χ1v) is 6.98. The molecule has 94 valence electrons.